The number of ether oxygens (including phenoxy) is 1. The van der Waals surface area contributed by atoms with E-state index in [9.17, 15) is 0 Å². The molecule has 0 N–H and O–H groups in total. The largest absolute Gasteiger partial charge is 0.385 e. The highest BCUT2D eigenvalue weighted by molar-refractivity contribution is 5.13. The van der Waals surface area contributed by atoms with Crippen molar-refractivity contribution in [3.63, 3.8) is 0 Å². The number of hydrogen-bond donors (Lipinski definition) is 0. The summed E-state index contributed by atoms with van der Waals surface area (Å²) in [6.07, 6.45) is 1.09. The van der Waals surface area contributed by atoms with Crippen LogP contribution in [0.15, 0.2) is 12.1 Å². The van der Waals surface area contributed by atoms with Gasteiger partial charge < -0.3 is 9.30 Å². The lowest BCUT2D eigenvalue weighted by Crippen LogP contribution is -2.04. The van der Waals surface area contributed by atoms with Crippen molar-refractivity contribution in [3.05, 3.63) is 23.5 Å². The van der Waals surface area contributed by atoms with Crippen LogP contribution in [0.2, 0.25) is 0 Å². The van der Waals surface area contributed by atoms with Gasteiger partial charge in [-0.05, 0) is 32.4 Å². The zero-order valence-electron chi connectivity index (χ0n) is 8.13. The third-order valence-corrected chi connectivity index (χ3v) is 2.15. The fraction of sp³-hybridized carbons (Fsp3) is 0.600. The number of rotatable bonds is 4. The van der Waals surface area contributed by atoms with E-state index < -0.39 is 0 Å². The summed E-state index contributed by atoms with van der Waals surface area (Å²) in [7, 11) is 1.75. The van der Waals surface area contributed by atoms with Gasteiger partial charge in [-0.2, -0.15) is 0 Å². The highest BCUT2D eigenvalue weighted by Crippen LogP contribution is 2.07. The maximum Gasteiger partial charge on any atom is 0.0479 e. The van der Waals surface area contributed by atoms with E-state index in [4.69, 9.17) is 4.74 Å². The lowest BCUT2D eigenvalue weighted by Gasteiger charge is -2.07. The first-order valence-electron chi connectivity index (χ1n) is 4.37. The van der Waals surface area contributed by atoms with Gasteiger partial charge in [0.2, 0.25) is 0 Å². The van der Waals surface area contributed by atoms with Crippen LogP contribution < -0.4 is 0 Å². The highest BCUT2D eigenvalue weighted by atomic mass is 16.5. The quantitative estimate of drug-likeness (QED) is 0.627. The van der Waals surface area contributed by atoms with Gasteiger partial charge >= 0.3 is 0 Å². The molecule has 68 valence electrons. The summed E-state index contributed by atoms with van der Waals surface area (Å²) >= 11 is 0. The Morgan fingerprint density at radius 3 is 2.33 bits per heavy atom. The molecule has 12 heavy (non-hydrogen) atoms. The van der Waals surface area contributed by atoms with E-state index in [1.807, 2.05) is 0 Å². The minimum Gasteiger partial charge on any atom is -0.385 e. The van der Waals surface area contributed by atoms with Crippen LogP contribution in [0.4, 0.5) is 0 Å². The molecule has 0 fully saturated rings. The van der Waals surface area contributed by atoms with Crippen molar-refractivity contribution in [2.24, 2.45) is 0 Å². The van der Waals surface area contributed by atoms with Crippen LogP contribution in [0.3, 0.4) is 0 Å². The second kappa shape index (κ2) is 4.31. The lowest BCUT2D eigenvalue weighted by molar-refractivity contribution is 0.190. The fourth-order valence-corrected chi connectivity index (χ4v) is 1.42. The van der Waals surface area contributed by atoms with Crippen LogP contribution in [-0.4, -0.2) is 18.3 Å². The Hall–Kier alpha value is -0.760. The Kier molecular flexibility index (Phi) is 3.35. The van der Waals surface area contributed by atoms with Crippen molar-refractivity contribution in [1.82, 2.24) is 4.57 Å². The first kappa shape index (κ1) is 9.33. The summed E-state index contributed by atoms with van der Waals surface area (Å²) in [5.74, 6) is 0. The Labute approximate surface area is 74.2 Å². The van der Waals surface area contributed by atoms with E-state index in [1.54, 1.807) is 7.11 Å². The molecule has 0 aromatic carbocycles. The molecule has 1 heterocycles. The molecule has 0 unspecified atom stereocenters. The molecule has 0 aliphatic heterocycles. The minimum absolute atomic E-state index is 0.844. The zero-order valence-corrected chi connectivity index (χ0v) is 8.13. The second-order valence-corrected chi connectivity index (χ2v) is 3.11. The summed E-state index contributed by atoms with van der Waals surface area (Å²) in [6.45, 7) is 6.19. The van der Waals surface area contributed by atoms with Gasteiger partial charge in [-0.3, -0.25) is 0 Å². The van der Waals surface area contributed by atoms with Crippen molar-refractivity contribution < 1.29 is 4.74 Å². The van der Waals surface area contributed by atoms with Crippen LogP contribution in [0, 0.1) is 13.8 Å². The third-order valence-electron chi connectivity index (χ3n) is 2.15. The first-order valence-corrected chi connectivity index (χ1v) is 4.37. The number of aryl methyl sites for hydroxylation is 2. The molecule has 1 aromatic heterocycles. The van der Waals surface area contributed by atoms with E-state index >= 15 is 0 Å². The molecule has 1 rings (SSSR count). The van der Waals surface area contributed by atoms with Crippen molar-refractivity contribution in [2.75, 3.05) is 13.7 Å². The zero-order chi connectivity index (χ0) is 8.97. The van der Waals surface area contributed by atoms with Crippen molar-refractivity contribution in [3.8, 4) is 0 Å². The van der Waals surface area contributed by atoms with Gasteiger partial charge in [0.05, 0.1) is 0 Å². The Morgan fingerprint density at radius 2 is 1.83 bits per heavy atom. The summed E-state index contributed by atoms with van der Waals surface area (Å²) in [5, 5.41) is 0. The van der Waals surface area contributed by atoms with Gasteiger partial charge in [0.25, 0.3) is 0 Å². The number of methoxy groups -OCH3 is 1. The molecular formula is C10H17NO. The van der Waals surface area contributed by atoms with Gasteiger partial charge in [-0.25, -0.2) is 0 Å². The topological polar surface area (TPSA) is 14.2 Å². The van der Waals surface area contributed by atoms with Crippen molar-refractivity contribution in [1.29, 1.82) is 0 Å². The Morgan fingerprint density at radius 1 is 1.25 bits per heavy atom. The molecule has 0 bridgehead atoms. The number of hydrogen-bond acceptors (Lipinski definition) is 1. The van der Waals surface area contributed by atoms with Crippen molar-refractivity contribution >= 4 is 0 Å². The van der Waals surface area contributed by atoms with E-state index in [0.717, 1.165) is 19.6 Å². The molecule has 0 amide bonds. The van der Waals surface area contributed by atoms with E-state index in [0.29, 0.717) is 0 Å². The van der Waals surface area contributed by atoms with E-state index in [1.165, 1.54) is 11.4 Å². The first-order chi connectivity index (χ1) is 5.75. The van der Waals surface area contributed by atoms with Gasteiger partial charge in [0.1, 0.15) is 0 Å². The van der Waals surface area contributed by atoms with Gasteiger partial charge in [0.15, 0.2) is 0 Å². The predicted molar refractivity (Wildman–Crippen MR) is 50.4 cm³/mol. The van der Waals surface area contributed by atoms with Crippen LogP contribution in [-0.2, 0) is 11.3 Å². The Balaban J connectivity index is 2.50. The molecule has 0 radical (unpaired) electrons. The molecule has 0 aliphatic rings. The summed E-state index contributed by atoms with van der Waals surface area (Å²) < 4.78 is 7.32. The molecule has 0 aliphatic carbocycles. The van der Waals surface area contributed by atoms with Gasteiger partial charge in [-0.1, -0.05) is 0 Å². The van der Waals surface area contributed by atoms with Crippen LogP contribution >= 0.6 is 0 Å². The molecule has 1 aromatic rings. The second-order valence-electron chi connectivity index (χ2n) is 3.11. The smallest absolute Gasteiger partial charge is 0.0479 e. The summed E-state index contributed by atoms with van der Waals surface area (Å²) in [6, 6.07) is 4.31. The fourth-order valence-electron chi connectivity index (χ4n) is 1.42. The number of aromatic nitrogens is 1. The van der Waals surface area contributed by atoms with Gasteiger partial charge in [-0.15, -0.1) is 0 Å². The predicted octanol–water partition coefficient (Wildman–Crippen LogP) is 2.14. The summed E-state index contributed by atoms with van der Waals surface area (Å²) in [5.41, 5.74) is 2.67. The SMILES string of the molecule is COCCCn1c(C)ccc1C. The molecule has 2 heteroatoms. The monoisotopic (exact) mass is 167 g/mol. The lowest BCUT2D eigenvalue weighted by atomic mass is 10.4. The Bertz CT molecular complexity index is 220. The summed E-state index contributed by atoms with van der Waals surface area (Å²) in [4.78, 5) is 0. The number of nitrogens with zero attached hydrogens (tertiary/aromatic N) is 1. The van der Waals surface area contributed by atoms with Crippen LogP contribution in [0.5, 0.6) is 0 Å². The van der Waals surface area contributed by atoms with Crippen LogP contribution in [0.25, 0.3) is 0 Å². The molecule has 0 atom stereocenters. The van der Waals surface area contributed by atoms with Crippen molar-refractivity contribution in [2.45, 2.75) is 26.8 Å². The standard InChI is InChI=1S/C10H17NO/c1-9-5-6-10(2)11(9)7-4-8-12-3/h5-6H,4,7-8H2,1-3H3. The maximum absolute atomic E-state index is 5.01. The minimum atomic E-state index is 0.844. The molecule has 0 saturated carbocycles. The molecule has 0 saturated heterocycles. The maximum atomic E-state index is 5.01. The van der Waals surface area contributed by atoms with Gasteiger partial charge in [0, 0.05) is 31.6 Å². The van der Waals surface area contributed by atoms with E-state index in [2.05, 4.69) is 30.5 Å². The average Bonchev–Trinajstić information content (AvgIpc) is 2.35. The highest BCUT2D eigenvalue weighted by Gasteiger charge is 1.98. The van der Waals surface area contributed by atoms with Crippen LogP contribution in [0.1, 0.15) is 17.8 Å². The third kappa shape index (κ3) is 2.11. The normalized spacial score (nSPS) is 10.6. The average molecular weight is 167 g/mol. The molecular weight excluding hydrogens is 150 g/mol. The molecule has 0 spiro atoms. The molecule has 2 nitrogen and oxygen atoms in total. The van der Waals surface area contributed by atoms with E-state index in [-0.39, 0.29) is 0 Å².